The lowest BCUT2D eigenvalue weighted by Gasteiger charge is -2.21. The van der Waals surface area contributed by atoms with Gasteiger partial charge in [0.05, 0.1) is 23.2 Å². The van der Waals surface area contributed by atoms with Crippen LogP contribution in [0.25, 0.3) is 0 Å². The Kier molecular flexibility index (Phi) is 9.35. The Morgan fingerprint density at radius 1 is 1.58 bits per heavy atom. The van der Waals surface area contributed by atoms with Crippen molar-refractivity contribution in [3.8, 4) is 0 Å². The molecule has 1 aliphatic rings. The van der Waals surface area contributed by atoms with E-state index in [1.807, 2.05) is 5.38 Å². The number of carbonyl (C=O) groups excluding carboxylic acids is 1. The molecule has 0 aromatic carbocycles. The molecule has 2 heterocycles. The van der Waals surface area contributed by atoms with Crippen LogP contribution in [-0.4, -0.2) is 24.0 Å². The van der Waals surface area contributed by atoms with E-state index < -0.39 is 0 Å². The van der Waals surface area contributed by atoms with Gasteiger partial charge in [-0.1, -0.05) is 6.92 Å². The molecule has 1 aromatic rings. The van der Waals surface area contributed by atoms with Gasteiger partial charge in [0.25, 0.3) is 0 Å². The van der Waals surface area contributed by atoms with Gasteiger partial charge in [-0.25, -0.2) is 4.98 Å². The lowest BCUT2D eigenvalue weighted by Crippen LogP contribution is -2.40. The Balaban J connectivity index is 0.00000162. The number of rotatable bonds is 4. The normalized spacial score (nSPS) is 18.1. The van der Waals surface area contributed by atoms with E-state index in [1.54, 1.807) is 11.3 Å². The van der Waals surface area contributed by atoms with Gasteiger partial charge in [0.2, 0.25) is 5.91 Å². The van der Waals surface area contributed by atoms with Crippen LogP contribution in [0.1, 0.15) is 30.5 Å². The van der Waals surface area contributed by atoms with Crippen LogP contribution in [0.5, 0.6) is 0 Å². The standard InChI is InChI=1S/C12H19N3OS.2ClH/c1-2-11-15-10(8-17-11)7-14-12(16)9-4-3-5-13-6-9;;/h8-9,13H,2-7H2,1H3,(H,14,16);2*1H. The van der Waals surface area contributed by atoms with Gasteiger partial charge in [0.15, 0.2) is 0 Å². The summed E-state index contributed by atoms with van der Waals surface area (Å²) >= 11 is 1.66. The molecule has 7 heteroatoms. The number of nitrogens with one attached hydrogen (secondary N) is 2. The van der Waals surface area contributed by atoms with E-state index in [2.05, 4.69) is 22.5 Å². The van der Waals surface area contributed by atoms with Gasteiger partial charge in [-0.2, -0.15) is 0 Å². The average Bonchev–Trinajstić information content (AvgIpc) is 2.85. The molecule has 1 aromatic heterocycles. The zero-order valence-corrected chi connectivity index (χ0v) is 13.4. The molecular weight excluding hydrogens is 305 g/mol. The molecule has 1 amide bonds. The topological polar surface area (TPSA) is 54.0 Å². The second-order valence-electron chi connectivity index (χ2n) is 4.35. The summed E-state index contributed by atoms with van der Waals surface area (Å²) < 4.78 is 0. The van der Waals surface area contributed by atoms with Gasteiger partial charge in [-0.15, -0.1) is 36.2 Å². The van der Waals surface area contributed by atoms with Crippen molar-refractivity contribution in [2.24, 2.45) is 5.92 Å². The molecule has 1 fully saturated rings. The molecule has 0 bridgehead atoms. The van der Waals surface area contributed by atoms with Crippen molar-refractivity contribution in [2.45, 2.75) is 32.7 Å². The highest BCUT2D eigenvalue weighted by Gasteiger charge is 2.20. The molecule has 1 atom stereocenters. The summed E-state index contributed by atoms with van der Waals surface area (Å²) in [6.07, 6.45) is 3.05. The summed E-state index contributed by atoms with van der Waals surface area (Å²) in [5, 5.41) is 9.38. The van der Waals surface area contributed by atoms with Crippen LogP contribution < -0.4 is 10.6 Å². The van der Waals surface area contributed by atoms with Gasteiger partial charge >= 0.3 is 0 Å². The fourth-order valence-electron chi connectivity index (χ4n) is 1.99. The quantitative estimate of drug-likeness (QED) is 0.892. The second kappa shape index (κ2) is 9.53. The Labute approximate surface area is 130 Å². The SMILES string of the molecule is CCc1nc(CNC(=O)C2CCCNC2)cs1.Cl.Cl. The van der Waals surface area contributed by atoms with Crippen LogP contribution in [0.2, 0.25) is 0 Å². The summed E-state index contributed by atoms with van der Waals surface area (Å²) in [4.78, 5) is 16.3. The van der Waals surface area contributed by atoms with Crippen LogP contribution in [-0.2, 0) is 17.8 Å². The first-order valence-electron chi connectivity index (χ1n) is 6.21. The predicted molar refractivity (Wildman–Crippen MR) is 83.4 cm³/mol. The number of aryl methyl sites for hydroxylation is 1. The smallest absolute Gasteiger partial charge is 0.224 e. The van der Waals surface area contributed by atoms with Crippen LogP contribution in [0.15, 0.2) is 5.38 Å². The molecule has 0 aliphatic carbocycles. The van der Waals surface area contributed by atoms with E-state index in [4.69, 9.17) is 0 Å². The van der Waals surface area contributed by atoms with Crippen molar-refractivity contribution in [3.63, 3.8) is 0 Å². The number of hydrogen-bond donors (Lipinski definition) is 2. The molecule has 2 N–H and O–H groups in total. The highest BCUT2D eigenvalue weighted by Crippen LogP contribution is 2.12. The third-order valence-corrected chi connectivity index (χ3v) is 4.06. The third-order valence-electron chi connectivity index (χ3n) is 3.01. The monoisotopic (exact) mass is 325 g/mol. The lowest BCUT2D eigenvalue weighted by molar-refractivity contribution is -0.125. The Hall–Kier alpha value is -0.360. The second-order valence-corrected chi connectivity index (χ2v) is 5.29. The van der Waals surface area contributed by atoms with Gasteiger partial charge in [0.1, 0.15) is 0 Å². The summed E-state index contributed by atoms with van der Waals surface area (Å²) in [6, 6.07) is 0. The van der Waals surface area contributed by atoms with E-state index >= 15 is 0 Å². The van der Waals surface area contributed by atoms with Crippen molar-refractivity contribution in [1.82, 2.24) is 15.6 Å². The minimum Gasteiger partial charge on any atom is -0.350 e. The van der Waals surface area contributed by atoms with Crippen molar-refractivity contribution < 1.29 is 4.79 Å². The van der Waals surface area contributed by atoms with Crippen LogP contribution in [0.4, 0.5) is 0 Å². The van der Waals surface area contributed by atoms with Crippen molar-refractivity contribution in [3.05, 3.63) is 16.1 Å². The molecule has 2 rings (SSSR count). The van der Waals surface area contributed by atoms with Crippen molar-refractivity contribution in [1.29, 1.82) is 0 Å². The maximum absolute atomic E-state index is 11.9. The first-order chi connectivity index (χ1) is 8.29. The molecule has 110 valence electrons. The Bertz CT molecular complexity index is 381. The first kappa shape index (κ1) is 18.6. The molecular formula is C12H21Cl2N3OS. The lowest BCUT2D eigenvalue weighted by atomic mass is 9.99. The average molecular weight is 326 g/mol. The van der Waals surface area contributed by atoms with Crippen LogP contribution in [0, 0.1) is 5.92 Å². The first-order valence-corrected chi connectivity index (χ1v) is 7.09. The van der Waals surface area contributed by atoms with Gasteiger partial charge in [-0.3, -0.25) is 4.79 Å². The van der Waals surface area contributed by atoms with E-state index in [9.17, 15) is 4.79 Å². The molecule has 0 saturated carbocycles. The number of carbonyl (C=O) groups is 1. The van der Waals surface area contributed by atoms with Crippen molar-refractivity contribution in [2.75, 3.05) is 13.1 Å². The summed E-state index contributed by atoms with van der Waals surface area (Å²) in [7, 11) is 0. The Morgan fingerprint density at radius 2 is 2.37 bits per heavy atom. The molecule has 0 spiro atoms. The van der Waals surface area contributed by atoms with E-state index in [-0.39, 0.29) is 36.6 Å². The maximum Gasteiger partial charge on any atom is 0.224 e. The van der Waals surface area contributed by atoms with E-state index in [1.165, 1.54) is 0 Å². The molecule has 1 aliphatic heterocycles. The number of piperidine rings is 1. The summed E-state index contributed by atoms with van der Waals surface area (Å²) in [6.45, 7) is 4.50. The van der Waals surface area contributed by atoms with E-state index in [0.29, 0.717) is 6.54 Å². The number of aromatic nitrogens is 1. The van der Waals surface area contributed by atoms with Crippen LogP contribution in [0.3, 0.4) is 0 Å². The maximum atomic E-state index is 11.9. The van der Waals surface area contributed by atoms with Gasteiger partial charge < -0.3 is 10.6 Å². The molecule has 1 saturated heterocycles. The third kappa shape index (κ3) is 5.65. The zero-order valence-electron chi connectivity index (χ0n) is 11.0. The number of hydrogen-bond acceptors (Lipinski definition) is 4. The summed E-state index contributed by atoms with van der Waals surface area (Å²) in [5.41, 5.74) is 0.976. The minimum absolute atomic E-state index is 0. The molecule has 0 radical (unpaired) electrons. The van der Waals surface area contributed by atoms with Gasteiger partial charge in [0, 0.05) is 11.9 Å². The number of thiazole rings is 1. The number of halogens is 2. The van der Waals surface area contributed by atoms with Gasteiger partial charge in [-0.05, 0) is 25.8 Å². The predicted octanol–water partition coefficient (Wildman–Crippen LogP) is 2.16. The number of nitrogens with zero attached hydrogens (tertiary/aromatic N) is 1. The largest absolute Gasteiger partial charge is 0.350 e. The highest BCUT2D eigenvalue weighted by molar-refractivity contribution is 7.09. The fraction of sp³-hybridized carbons (Fsp3) is 0.667. The molecule has 1 unspecified atom stereocenters. The Morgan fingerprint density at radius 3 is 2.95 bits per heavy atom. The van der Waals surface area contributed by atoms with Crippen molar-refractivity contribution >= 4 is 42.1 Å². The number of amides is 1. The fourth-order valence-corrected chi connectivity index (χ4v) is 2.73. The van der Waals surface area contributed by atoms with Crippen LogP contribution >= 0.6 is 36.2 Å². The highest BCUT2D eigenvalue weighted by atomic mass is 35.5. The summed E-state index contributed by atoms with van der Waals surface area (Å²) in [5.74, 6) is 0.288. The minimum atomic E-state index is 0. The zero-order chi connectivity index (χ0) is 12.1. The molecule has 4 nitrogen and oxygen atoms in total. The van der Waals surface area contributed by atoms with E-state index in [0.717, 1.165) is 43.1 Å². The molecule has 19 heavy (non-hydrogen) atoms.